The minimum Gasteiger partial charge on any atom is -0.497 e. The van der Waals surface area contributed by atoms with Crippen LogP contribution in [0.4, 0.5) is 0 Å². The number of nitrogens with zero attached hydrogens (tertiary/aromatic N) is 1. The molecular formula is C20H19NO3. The van der Waals surface area contributed by atoms with Crippen molar-refractivity contribution < 1.29 is 14.2 Å². The van der Waals surface area contributed by atoms with E-state index in [0.717, 1.165) is 39.6 Å². The highest BCUT2D eigenvalue weighted by Gasteiger charge is 2.13. The van der Waals surface area contributed by atoms with Crippen LogP contribution in [0.2, 0.25) is 0 Å². The number of hydrogen-bond acceptors (Lipinski definition) is 4. The van der Waals surface area contributed by atoms with Crippen molar-refractivity contribution in [3.8, 4) is 39.6 Å². The lowest BCUT2D eigenvalue weighted by Crippen LogP contribution is -1.93. The van der Waals surface area contributed by atoms with E-state index < -0.39 is 0 Å². The van der Waals surface area contributed by atoms with Crippen molar-refractivity contribution in [1.29, 1.82) is 0 Å². The van der Waals surface area contributed by atoms with Gasteiger partial charge in [0.05, 0.1) is 27.0 Å². The summed E-state index contributed by atoms with van der Waals surface area (Å²) in [5.74, 6) is 2.34. The molecule has 0 fully saturated rings. The second-order valence-corrected chi connectivity index (χ2v) is 5.20. The van der Waals surface area contributed by atoms with Crippen LogP contribution >= 0.6 is 0 Å². The number of ether oxygens (including phenoxy) is 3. The van der Waals surface area contributed by atoms with Crippen LogP contribution in [0.3, 0.4) is 0 Å². The van der Waals surface area contributed by atoms with Gasteiger partial charge < -0.3 is 14.2 Å². The van der Waals surface area contributed by atoms with Crippen molar-refractivity contribution in [3.05, 3.63) is 60.8 Å². The molecule has 0 aliphatic carbocycles. The summed E-state index contributed by atoms with van der Waals surface area (Å²) in [6, 6.07) is 17.6. The summed E-state index contributed by atoms with van der Waals surface area (Å²) in [6.45, 7) is 0. The summed E-state index contributed by atoms with van der Waals surface area (Å²) < 4.78 is 16.3. The average Bonchev–Trinajstić information content (AvgIpc) is 2.67. The Labute approximate surface area is 141 Å². The van der Waals surface area contributed by atoms with E-state index >= 15 is 0 Å². The molecule has 4 nitrogen and oxygen atoms in total. The third kappa shape index (κ3) is 3.04. The quantitative estimate of drug-likeness (QED) is 0.696. The minimum atomic E-state index is 0.777. The third-order valence-electron chi connectivity index (χ3n) is 3.86. The zero-order valence-corrected chi connectivity index (χ0v) is 13.9. The maximum absolute atomic E-state index is 5.50. The van der Waals surface area contributed by atoms with Crippen LogP contribution in [0.1, 0.15) is 0 Å². The minimum absolute atomic E-state index is 0.777. The molecule has 2 aromatic carbocycles. The Morgan fingerprint density at radius 3 is 2.12 bits per heavy atom. The van der Waals surface area contributed by atoms with Gasteiger partial charge in [-0.1, -0.05) is 12.1 Å². The summed E-state index contributed by atoms with van der Waals surface area (Å²) in [7, 11) is 4.97. The van der Waals surface area contributed by atoms with E-state index in [-0.39, 0.29) is 0 Å². The topological polar surface area (TPSA) is 40.6 Å². The first-order valence-electron chi connectivity index (χ1n) is 7.58. The fourth-order valence-electron chi connectivity index (χ4n) is 2.64. The molecule has 0 bridgehead atoms. The number of aromatic nitrogens is 1. The average molecular weight is 321 g/mol. The van der Waals surface area contributed by atoms with Crippen LogP contribution in [0.5, 0.6) is 17.2 Å². The normalized spacial score (nSPS) is 10.3. The van der Waals surface area contributed by atoms with Crippen molar-refractivity contribution in [3.63, 3.8) is 0 Å². The molecule has 3 aromatic rings. The Balaban J connectivity index is 2.17. The van der Waals surface area contributed by atoms with Gasteiger partial charge in [-0.2, -0.15) is 0 Å². The van der Waals surface area contributed by atoms with Gasteiger partial charge in [-0.3, -0.25) is 4.98 Å². The molecule has 0 radical (unpaired) electrons. The van der Waals surface area contributed by atoms with Gasteiger partial charge >= 0.3 is 0 Å². The van der Waals surface area contributed by atoms with Crippen LogP contribution in [0.25, 0.3) is 22.4 Å². The van der Waals surface area contributed by atoms with Crippen LogP contribution in [-0.2, 0) is 0 Å². The van der Waals surface area contributed by atoms with Gasteiger partial charge in [0, 0.05) is 17.3 Å². The summed E-state index contributed by atoms with van der Waals surface area (Å²) >= 11 is 0. The van der Waals surface area contributed by atoms with Crippen molar-refractivity contribution in [1.82, 2.24) is 4.98 Å². The largest absolute Gasteiger partial charge is 0.497 e. The van der Waals surface area contributed by atoms with Crippen LogP contribution in [0.15, 0.2) is 60.8 Å². The van der Waals surface area contributed by atoms with E-state index in [0.29, 0.717) is 0 Å². The Kier molecular flexibility index (Phi) is 4.66. The van der Waals surface area contributed by atoms with Gasteiger partial charge in [0.15, 0.2) is 0 Å². The lowest BCUT2D eigenvalue weighted by molar-refractivity contribution is 0.404. The predicted molar refractivity (Wildman–Crippen MR) is 94.8 cm³/mol. The summed E-state index contributed by atoms with van der Waals surface area (Å²) in [5.41, 5.74) is 3.75. The smallest absolute Gasteiger partial charge is 0.128 e. The molecule has 0 N–H and O–H groups in total. The van der Waals surface area contributed by atoms with Crippen LogP contribution in [-0.4, -0.2) is 26.3 Å². The lowest BCUT2D eigenvalue weighted by atomic mass is 9.99. The third-order valence-corrected chi connectivity index (χ3v) is 3.86. The molecule has 0 unspecified atom stereocenters. The van der Waals surface area contributed by atoms with E-state index in [2.05, 4.69) is 11.1 Å². The molecule has 122 valence electrons. The molecule has 0 atom stereocenters. The SMILES string of the molecule is COc1ccc(OC)c(-c2ccc(OC)c(-c3ccccn3)c2)c1. The molecule has 0 aliphatic rings. The Morgan fingerprint density at radius 1 is 0.708 bits per heavy atom. The highest BCUT2D eigenvalue weighted by Crippen LogP contribution is 2.38. The maximum Gasteiger partial charge on any atom is 0.128 e. The van der Waals surface area contributed by atoms with Gasteiger partial charge in [0.1, 0.15) is 17.2 Å². The summed E-state index contributed by atoms with van der Waals surface area (Å²) in [6.07, 6.45) is 1.77. The first-order valence-corrected chi connectivity index (χ1v) is 7.58. The molecule has 4 heteroatoms. The van der Waals surface area contributed by atoms with E-state index in [1.54, 1.807) is 27.5 Å². The number of pyridine rings is 1. The highest BCUT2D eigenvalue weighted by molar-refractivity contribution is 5.79. The van der Waals surface area contributed by atoms with Gasteiger partial charge in [0.25, 0.3) is 0 Å². The van der Waals surface area contributed by atoms with E-state index in [1.807, 2.05) is 48.5 Å². The second kappa shape index (κ2) is 7.04. The fraction of sp³-hybridized carbons (Fsp3) is 0.150. The molecular weight excluding hydrogens is 302 g/mol. The zero-order valence-electron chi connectivity index (χ0n) is 13.9. The Bertz CT molecular complexity index is 832. The molecule has 0 aliphatic heterocycles. The molecule has 1 heterocycles. The van der Waals surface area contributed by atoms with Gasteiger partial charge in [-0.15, -0.1) is 0 Å². The van der Waals surface area contributed by atoms with Gasteiger partial charge in [0.2, 0.25) is 0 Å². The second-order valence-electron chi connectivity index (χ2n) is 5.20. The highest BCUT2D eigenvalue weighted by atomic mass is 16.5. The van der Waals surface area contributed by atoms with E-state index in [4.69, 9.17) is 14.2 Å². The van der Waals surface area contributed by atoms with Crippen molar-refractivity contribution in [2.45, 2.75) is 0 Å². The van der Waals surface area contributed by atoms with E-state index in [1.165, 1.54) is 0 Å². The number of methoxy groups -OCH3 is 3. The zero-order chi connectivity index (χ0) is 16.9. The summed E-state index contributed by atoms with van der Waals surface area (Å²) in [5, 5.41) is 0. The molecule has 24 heavy (non-hydrogen) atoms. The predicted octanol–water partition coefficient (Wildman–Crippen LogP) is 4.44. The van der Waals surface area contributed by atoms with Crippen molar-refractivity contribution in [2.75, 3.05) is 21.3 Å². The standard InChI is InChI=1S/C20H19NO3/c1-22-15-8-10-19(23-2)16(13-15)14-7-9-20(24-3)17(12-14)18-6-4-5-11-21-18/h4-13H,1-3H3. The van der Waals surface area contributed by atoms with Crippen molar-refractivity contribution in [2.24, 2.45) is 0 Å². The molecule has 3 rings (SSSR count). The first-order chi connectivity index (χ1) is 11.8. The number of hydrogen-bond donors (Lipinski definition) is 0. The van der Waals surface area contributed by atoms with Crippen LogP contribution < -0.4 is 14.2 Å². The lowest BCUT2D eigenvalue weighted by Gasteiger charge is -2.14. The monoisotopic (exact) mass is 321 g/mol. The molecule has 0 saturated heterocycles. The molecule has 0 amide bonds. The fourth-order valence-corrected chi connectivity index (χ4v) is 2.64. The molecule has 1 aromatic heterocycles. The Hall–Kier alpha value is -3.01. The molecule has 0 saturated carbocycles. The van der Waals surface area contributed by atoms with E-state index in [9.17, 15) is 0 Å². The first kappa shape index (κ1) is 15.9. The Morgan fingerprint density at radius 2 is 1.46 bits per heavy atom. The summed E-state index contributed by atoms with van der Waals surface area (Å²) in [4.78, 5) is 4.43. The molecule has 0 spiro atoms. The van der Waals surface area contributed by atoms with Gasteiger partial charge in [-0.25, -0.2) is 0 Å². The number of benzene rings is 2. The van der Waals surface area contributed by atoms with Crippen molar-refractivity contribution >= 4 is 0 Å². The maximum atomic E-state index is 5.50. The van der Waals surface area contributed by atoms with Gasteiger partial charge in [-0.05, 0) is 48.0 Å². The van der Waals surface area contributed by atoms with Crippen LogP contribution in [0, 0.1) is 0 Å². The number of rotatable bonds is 5.